The van der Waals surface area contributed by atoms with Gasteiger partial charge in [0.05, 0.1) is 18.2 Å². The van der Waals surface area contributed by atoms with E-state index in [4.69, 9.17) is 16.3 Å². The molecule has 0 saturated heterocycles. The molecule has 0 heterocycles. The van der Waals surface area contributed by atoms with Crippen molar-refractivity contribution >= 4 is 37.4 Å². The lowest BCUT2D eigenvalue weighted by molar-refractivity contribution is 0.409. The van der Waals surface area contributed by atoms with Gasteiger partial charge in [0.2, 0.25) is 0 Å². The normalized spacial score (nSPS) is 13.5. The largest absolute Gasteiger partial charge is 0.496 e. The van der Waals surface area contributed by atoms with Crippen LogP contribution in [0.4, 0.5) is 0 Å². The Hall–Kier alpha value is -0.260. The topological polar surface area (TPSA) is 43.4 Å². The molecule has 90 valence electrons. The van der Waals surface area contributed by atoms with Gasteiger partial charge >= 0.3 is 0 Å². The molecule has 0 aliphatic carbocycles. The van der Waals surface area contributed by atoms with Gasteiger partial charge in [-0.2, -0.15) is 0 Å². The Morgan fingerprint density at radius 2 is 2.12 bits per heavy atom. The molecule has 1 rings (SSSR count). The Morgan fingerprint density at radius 1 is 1.50 bits per heavy atom. The lowest BCUT2D eigenvalue weighted by atomic mass is 10.1. The second-order valence-corrected chi connectivity index (χ2v) is 7.07. The van der Waals surface area contributed by atoms with Gasteiger partial charge in [-0.05, 0) is 18.2 Å². The average Bonchev–Trinajstić information content (AvgIpc) is 2.15. The van der Waals surface area contributed by atoms with E-state index in [1.807, 2.05) is 6.07 Å². The number of methoxy groups -OCH3 is 1. The second kappa shape index (κ2) is 5.38. The van der Waals surface area contributed by atoms with Gasteiger partial charge in [0.25, 0.3) is 0 Å². The van der Waals surface area contributed by atoms with E-state index in [-0.39, 0.29) is 5.75 Å². The summed E-state index contributed by atoms with van der Waals surface area (Å²) in [6.07, 6.45) is 1.16. The predicted molar refractivity (Wildman–Crippen MR) is 69.0 cm³/mol. The van der Waals surface area contributed by atoms with Crippen molar-refractivity contribution in [2.75, 3.05) is 19.1 Å². The Morgan fingerprint density at radius 3 is 2.62 bits per heavy atom. The van der Waals surface area contributed by atoms with Gasteiger partial charge in [-0.25, -0.2) is 8.42 Å². The minimum atomic E-state index is -3.11. The number of benzene rings is 1. The van der Waals surface area contributed by atoms with Crippen LogP contribution in [0.2, 0.25) is 0 Å². The van der Waals surface area contributed by atoms with Crippen molar-refractivity contribution in [3.63, 3.8) is 0 Å². The van der Waals surface area contributed by atoms with E-state index >= 15 is 0 Å². The monoisotopic (exact) mass is 326 g/mol. The van der Waals surface area contributed by atoms with Crippen molar-refractivity contribution in [1.82, 2.24) is 0 Å². The number of halogens is 2. The number of sulfone groups is 1. The molecular weight excluding hydrogens is 316 g/mol. The first-order valence-electron chi connectivity index (χ1n) is 4.48. The van der Waals surface area contributed by atoms with Gasteiger partial charge in [-0.3, -0.25) is 0 Å². The molecule has 0 aromatic heterocycles. The van der Waals surface area contributed by atoms with Gasteiger partial charge in [-0.1, -0.05) is 15.9 Å². The minimum Gasteiger partial charge on any atom is -0.496 e. The van der Waals surface area contributed by atoms with Crippen molar-refractivity contribution in [2.24, 2.45) is 0 Å². The predicted octanol–water partition coefficient (Wildman–Crippen LogP) is 2.78. The Labute approximate surface area is 109 Å². The number of alkyl halides is 1. The molecule has 1 atom stereocenters. The molecule has 3 nitrogen and oxygen atoms in total. The van der Waals surface area contributed by atoms with E-state index in [1.165, 1.54) is 7.11 Å². The van der Waals surface area contributed by atoms with Crippen molar-refractivity contribution in [1.29, 1.82) is 0 Å². The summed E-state index contributed by atoms with van der Waals surface area (Å²) in [6.45, 7) is 0. The van der Waals surface area contributed by atoms with Crippen molar-refractivity contribution in [2.45, 2.75) is 5.38 Å². The first kappa shape index (κ1) is 13.8. The van der Waals surface area contributed by atoms with Crippen LogP contribution in [0.3, 0.4) is 0 Å². The molecule has 0 fully saturated rings. The van der Waals surface area contributed by atoms with Gasteiger partial charge in [0.15, 0.2) is 0 Å². The van der Waals surface area contributed by atoms with Crippen LogP contribution in [0.5, 0.6) is 5.75 Å². The first-order valence-corrected chi connectivity index (χ1v) is 7.77. The summed E-state index contributed by atoms with van der Waals surface area (Å²) in [5, 5.41) is -0.609. The van der Waals surface area contributed by atoms with Crippen molar-refractivity contribution in [3.8, 4) is 5.75 Å². The SMILES string of the molecule is COc1ccc(Br)cc1C(Cl)CS(C)(=O)=O. The maximum atomic E-state index is 11.2. The van der Waals surface area contributed by atoms with Crippen molar-refractivity contribution in [3.05, 3.63) is 28.2 Å². The van der Waals surface area contributed by atoms with E-state index in [0.29, 0.717) is 11.3 Å². The summed E-state index contributed by atoms with van der Waals surface area (Å²) in [7, 11) is -1.59. The number of ether oxygens (including phenoxy) is 1. The van der Waals surface area contributed by atoms with Gasteiger partial charge < -0.3 is 4.74 Å². The van der Waals surface area contributed by atoms with E-state index in [1.54, 1.807) is 12.1 Å². The third kappa shape index (κ3) is 3.96. The summed E-state index contributed by atoms with van der Waals surface area (Å²) in [6, 6.07) is 5.32. The summed E-state index contributed by atoms with van der Waals surface area (Å²) in [4.78, 5) is 0. The first-order chi connectivity index (χ1) is 7.33. The van der Waals surface area contributed by atoms with Crippen LogP contribution in [0.15, 0.2) is 22.7 Å². The lowest BCUT2D eigenvalue weighted by Gasteiger charge is -2.13. The molecule has 0 spiro atoms. The highest BCUT2D eigenvalue weighted by Gasteiger charge is 2.18. The van der Waals surface area contributed by atoms with Crippen LogP contribution in [-0.4, -0.2) is 27.5 Å². The standard InChI is InChI=1S/C10H12BrClO3S/c1-15-10-4-3-7(11)5-8(10)9(12)6-16(2,13)14/h3-5,9H,6H2,1-2H3. The molecule has 6 heteroatoms. The molecule has 0 aliphatic rings. The molecule has 16 heavy (non-hydrogen) atoms. The summed E-state index contributed by atoms with van der Waals surface area (Å²) in [5.41, 5.74) is 0.670. The quantitative estimate of drug-likeness (QED) is 0.799. The highest BCUT2D eigenvalue weighted by Crippen LogP contribution is 2.32. The molecule has 1 aromatic rings. The van der Waals surface area contributed by atoms with Crippen LogP contribution in [-0.2, 0) is 9.84 Å². The van der Waals surface area contributed by atoms with Crippen LogP contribution in [0, 0.1) is 0 Å². The second-order valence-electron chi connectivity index (χ2n) is 3.45. The van der Waals surface area contributed by atoms with E-state index in [9.17, 15) is 8.42 Å². The maximum Gasteiger partial charge on any atom is 0.149 e. The summed E-state index contributed by atoms with van der Waals surface area (Å²) in [5.74, 6) is 0.480. The Kier molecular flexibility index (Phi) is 4.64. The van der Waals surface area contributed by atoms with Crippen LogP contribution in [0.1, 0.15) is 10.9 Å². The van der Waals surface area contributed by atoms with Gasteiger partial charge in [0.1, 0.15) is 15.6 Å². The fourth-order valence-electron chi connectivity index (χ4n) is 1.31. The van der Waals surface area contributed by atoms with Crippen LogP contribution in [0.25, 0.3) is 0 Å². The Bertz CT molecular complexity index is 473. The maximum absolute atomic E-state index is 11.2. The molecule has 0 bridgehead atoms. The molecular formula is C10H12BrClO3S. The average molecular weight is 328 g/mol. The summed E-state index contributed by atoms with van der Waals surface area (Å²) < 4.78 is 28.3. The van der Waals surface area contributed by atoms with Crippen LogP contribution >= 0.6 is 27.5 Å². The van der Waals surface area contributed by atoms with Gasteiger partial charge in [0, 0.05) is 16.3 Å². The van der Waals surface area contributed by atoms with E-state index in [2.05, 4.69) is 15.9 Å². The molecule has 0 amide bonds. The molecule has 0 saturated carbocycles. The molecule has 1 aromatic carbocycles. The van der Waals surface area contributed by atoms with Gasteiger partial charge in [-0.15, -0.1) is 11.6 Å². The molecule has 0 radical (unpaired) electrons. The van der Waals surface area contributed by atoms with E-state index < -0.39 is 15.2 Å². The third-order valence-electron chi connectivity index (χ3n) is 1.98. The number of hydrogen-bond donors (Lipinski definition) is 0. The molecule has 0 aliphatic heterocycles. The van der Waals surface area contributed by atoms with Crippen molar-refractivity contribution < 1.29 is 13.2 Å². The molecule has 0 N–H and O–H groups in total. The fourth-order valence-corrected chi connectivity index (χ4v) is 3.25. The zero-order chi connectivity index (χ0) is 12.3. The highest BCUT2D eigenvalue weighted by molar-refractivity contribution is 9.10. The number of hydrogen-bond acceptors (Lipinski definition) is 3. The highest BCUT2D eigenvalue weighted by atomic mass is 79.9. The Balaban J connectivity index is 3.06. The number of rotatable bonds is 4. The van der Waals surface area contributed by atoms with Crippen LogP contribution < -0.4 is 4.74 Å². The molecule has 1 unspecified atom stereocenters. The summed E-state index contributed by atoms with van der Waals surface area (Å²) >= 11 is 9.38. The van der Waals surface area contributed by atoms with E-state index in [0.717, 1.165) is 10.7 Å². The zero-order valence-corrected chi connectivity index (χ0v) is 12.1. The minimum absolute atomic E-state index is 0.110. The zero-order valence-electron chi connectivity index (χ0n) is 8.91. The lowest BCUT2D eigenvalue weighted by Crippen LogP contribution is -2.09. The smallest absolute Gasteiger partial charge is 0.149 e. The third-order valence-corrected chi connectivity index (χ3v) is 3.98. The fraction of sp³-hybridized carbons (Fsp3) is 0.400.